The Morgan fingerprint density at radius 1 is 1.11 bits per heavy atom. The van der Waals surface area contributed by atoms with E-state index >= 15 is 0 Å². The Balaban J connectivity index is 2.28. The lowest BCUT2D eigenvalue weighted by atomic mass is 10.2. The summed E-state index contributed by atoms with van der Waals surface area (Å²) >= 11 is 11.8. The fraction of sp³-hybridized carbons (Fsp3) is 0.154. The summed E-state index contributed by atoms with van der Waals surface area (Å²) in [5.41, 5.74) is 1.84. The Morgan fingerprint density at radius 3 is 2.37 bits per heavy atom. The third-order valence-electron chi connectivity index (χ3n) is 2.38. The third kappa shape index (κ3) is 3.43. The summed E-state index contributed by atoms with van der Waals surface area (Å²) in [4.78, 5) is 20.3. The van der Waals surface area contributed by atoms with Crippen LogP contribution in [0.4, 0.5) is 5.95 Å². The molecule has 0 bridgehead atoms. The van der Waals surface area contributed by atoms with Crippen LogP contribution in [0.15, 0.2) is 24.3 Å². The fourth-order valence-corrected chi connectivity index (χ4v) is 2.00. The highest BCUT2D eigenvalue weighted by Crippen LogP contribution is 2.21. The van der Waals surface area contributed by atoms with E-state index in [2.05, 4.69) is 15.3 Å². The van der Waals surface area contributed by atoms with Gasteiger partial charge in [0.1, 0.15) is 0 Å². The van der Waals surface area contributed by atoms with Gasteiger partial charge in [0.25, 0.3) is 5.91 Å². The molecule has 0 aliphatic rings. The summed E-state index contributed by atoms with van der Waals surface area (Å²) in [7, 11) is 0. The highest BCUT2D eigenvalue weighted by Gasteiger charge is 2.12. The molecule has 0 spiro atoms. The molecule has 2 rings (SSSR count). The first-order valence-electron chi connectivity index (χ1n) is 5.54. The largest absolute Gasteiger partial charge is 0.290 e. The first kappa shape index (κ1) is 13.8. The molecule has 0 unspecified atom stereocenters. The highest BCUT2D eigenvalue weighted by atomic mass is 35.5. The van der Waals surface area contributed by atoms with Gasteiger partial charge in [-0.05, 0) is 38.1 Å². The van der Waals surface area contributed by atoms with Crippen LogP contribution in [0.5, 0.6) is 0 Å². The molecule has 0 aliphatic carbocycles. The second-order valence-electron chi connectivity index (χ2n) is 4.05. The minimum atomic E-state index is -0.391. The van der Waals surface area contributed by atoms with Crippen molar-refractivity contribution in [2.75, 3.05) is 5.32 Å². The van der Waals surface area contributed by atoms with Crippen molar-refractivity contribution >= 4 is 35.1 Å². The van der Waals surface area contributed by atoms with E-state index in [1.54, 1.807) is 12.1 Å². The van der Waals surface area contributed by atoms with E-state index in [1.165, 1.54) is 6.07 Å². The zero-order chi connectivity index (χ0) is 14.0. The second-order valence-corrected chi connectivity index (χ2v) is 4.90. The Kier molecular flexibility index (Phi) is 4.02. The predicted octanol–water partition coefficient (Wildman–Crippen LogP) is 3.65. The van der Waals surface area contributed by atoms with Crippen molar-refractivity contribution in [3.05, 3.63) is 51.3 Å². The van der Waals surface area contributed by atoms with Gasteiger partial charge in [0.2, 0.25) is 5.95 Å². The number of amides is 1. The summed E-state index contributed by atoms with van der Waals surface area (Å²) in [6.07, 6.45) is 0. The van der Waals surface area contributed by atoms with Crippen LogP contribution < -0.4 is 5.32 Å². The molecule has 0 saturated heterocycles. The van der Waals surface area contributed by atoms with Crippen LogP contribution in [0.1, 0.15) is 21.7 Å². The zero-order valence-electron chi connectivity index (χ0n) is 10.4. The molecule has 19 heavy (non-hydrogen) atoms. The van der Waals surface area contributed by atoms with Crippen LogP contribution in [0.3, 0.4) is 0 Å². The summed E-state index contributed by atoms with van der Waals surface area (Å²) in [5, 5.41) is 3.37. The molecule has 1 amide bonds. The van der Waals surface area contributed by atoms with Gasteiger partial charge < -0.3 is 0 Å². The Morgan fingerprint density at radius 2 is 1.74 bits per heavy atom. The summed E-state index contributed by atoms with van der Waals surface area (Å²) < 4.78 is 0. The topological polar surface area (TPSA) is 54.9 Å². The SMILES string of the molecule is Cc1cc(C)nc(NC(=O)c2cc(Cl)ccc2Cl)n1. The van der Waals surface area contributed by atoms with Crippen molar-refractivity contribution in [2.24, 2.45) is 0 Å². The number of hydrogen-bond acceptors (Lipinski definition) is 3. The second kappa shape index (κ2) is 5.55. The maximum Gasteiger partial charge on any atom is 0.259 e. The van der Waals surface area contributed by atoms with E-state index in [0.29, 0.717) is 10.0 Å². The normalized spacial score (nSPS) is 10.3. The predicted molar refractivity (Wildman–Crippen MR) is 75.9 cm³/mol. The van der Waals surface area contributed by atoms with Crippen LogP contribution in [0, 0.1) is 13.8 Å². The lowest BCUT2D eigenvalue weighted by Gasteiger charge is -2.07. The molecule has 0 radical (unpaired) electrons. The molecule has 6 heteroatoms. The number of halogens is 2. The van der Waals surface area contributed by atoms with Crippen molar-refractivity contribution in [1.82, 2.24) is 9.97 Å². The molecule has 1 heterocycles. The minimum absolute atomic E-state index is 0.249. The highest BCUT2D eigenvalue weighted by molar-refractivity contribution is 6.36. The quantitative estimate of drug-likeness (QED) is 0.920. The smallest absolute Gasteiger partial charge is 0.259 e. The number of carbonyl (C=O) groups excluding carboxylic acids is 1. The Bertz CT molecular complexity index is 624. The van der Waals surface area contributed by atoms with Crippen LogP contribution >= 0.6 is 23.2 Å². The number of anilines is 1. The Hall–Kier alpha value is -1.65. The minimum Gasteiger partial charge on any atom is -0.290 e. The van der Waals surface area contributed by atoms with E-state index in [1.807, 2.05) is 19.9 Å². The average Bonchev–Trinajstić information content (AvgIpc) is 2.30. The van der Waals surface area contributed by atoms with Gasteiger partial charge in [-0.15, -0.1) is 0 Å². The molecule has 0 aliphatic heterocycles. The van der Waals surface area contributed by atoms with Gasteiger partial charge in [0.05, 0.1) is 10.6 Å². The standard InChI is InChI=1S/C13H11Cl2N3O/c1-7-5-8(2)17-13(16-7)18-12(19)10-6-9(14)3-4-11(10)15/h3-6H,1-2H3,(H,16,17,18,19). The van der Waals surface area contributed by atoms with Crippen molar-refractivity contribution < 1.29 is 4.79 Å². The molecule has 0 atom stereocenters. The molecule has 1 aromatic heterocycles. The lowest BCUT2D eigenvalue weighted by molar-refractivity contribution is 0.102. The van der Waals surface area contributed by atoms with E-state index in [-0.39, 0.29) is 11.5 Å². The first-order chi connectivity index (χ1) is 8.95. The average molecular weight is 296 g/mol. The van der Waals surface area contributed by atoms with Gasteiger partial charge in [-0.3, -0.25) is 10.1 Å². The molecule has 1 aromatic carbocycles. The van der Waals surface area contributed by atoms with E-state index in [9.17, 15) is 4.79 Å². The number of benzene rings is 1. The van der Waals surface area contributed by atoms with Crippen LogP contribution in [-0.2, 0) is 0 Å². The number of nitrogens with one attached hydrogen (secondary N) is 1. The van der Waals surface area contributed by atoms with Gasteiger partial charge in [0.15, 0.2) is 0 Å². The first-order valence-corrected chi connectivity index (χ1v) is 6.30. The van der Waals surface area contributed by atoms with Crippen molar-refractivity contribution in [3.63, 3.8) is 0 Å². The Labute approximate surface area is 120 Å². The summed E-state index contributed by atoms with van der Waals surface area (Å²) in [6.45, 7) is 3.66. The molecule has 1 N–H and O–H groups in total. The number of aromatic nitrogens is 2. The van der Waals surface area contributed by atoms with E-state index in [4.69, 9.17) is 23.2 Å². The van der Waals surface area contributed by atoms with Gasteiger partial charge in [0, 0.05) is 16.4 Å². The lowest BCUT2D eigenvalue weighted by Crippen LogP contribution is -2.15. The zero-order valence-corrected chi connectivity index (χ0v) is 11.9. The van der Waals surface area contributed by atoms with Crippen LogP contribution in [0.2, 0.25) is 10.0 Å². The molecule has 2 aromatic rings. The monoisotopic (exact) mass is 295 g/mol. The molecular weight excluding hydrogens is 285 g/mol. The maximum atomic E-state index is 12.1. The summed E-state index contributed by atoms with van der Waals surface area (Å²) in [6, 6.07) is 6.51. The van der Waals surface area contributed by atoms with Gasteiger partial charge >= 0.3 is 0 Å². The molecular formula is C13H11Cl2N3O. The molecule has 0 saturated carbocycles. The third-order valence-corrected chi connectivity index (χ3v) is 2.95. The molecule has 98 valence electrons. The van der Waals surface area contributed by atoms with E-state index in [0.717, 1.165) is 11.4 Å². The van der Waals surface area contributed by atoms with Crippen LogP contribution in [0.25, 0.3) is 0 Å². The van der Waals surface area contributed by atoms with Crippen molar-refractivity contribution in [2.45, 2.75) is 13.8 Å². The van der Waals surface area contributed by atoms with Crippen molar-refractivity contribution in [3.8, 4) is 0 Å². The number of carbonyl (C=O) groups is 1. The number of aryl methyl sites for hydroxylation is 2. The van der Waals surface area contributed by atoms with Crippen LogP contribution in [-0.4, -0.2) is 15.9 Å². The number of nitrogens with zero attached hydrogens (tertiary/aromatic N) is 2. The van der Waals surface area contributed by atoms with E-state index < -0.39 is 5.91 Å². The van der Waals surface area contributed by atoms with Gasteiger partial charge in [-0.2, -0.15) is 0 Å². The number of rotatable bonds is 2. The molecule has 0 fully saturated rings. The van der Waals surface area contributed by atoms with Gasteiger partial charge in [-0.1, -0.05) is 23.2 Å². The number of hydrogen-bond donors (Lipinski definition) is 1. The van der Waals surface area contributed by atoms with Gasteiger partial charge in [-0.25, -0.2) is 9.97 Å². The molecule has 4 nitrogen and oxygen atoms in total. The fourth-order valence-electron chi connectivity index (χ4n) is 1.62. The summed E-state index contributed by atoms with van der Waals surface area (Å²) in [5.74, 6) is -0.143. The maximum absolute atomic E-state index is 12.1. The van der Waals surface area contributed by atoms with Crippen molar-refractivity contribution in [1.29, 1.82) is 0 Å².